The van der Waals surface area contributed by atoms with Gasteiger partial charge in [0.2, 0.25) is 5.91 Å². The zero-order valence-corrected chi connectivity index (χ0v) is 20.1. The van der Waals surface area contributed by atoms with Crippen molar-refractivity contribution in [3.63, 3.8) is 0 Å². The third kappa shape index (κ3) is 8.09. The Bertz CT molecular complexity index is 873. The molecule has 202 valence electrons. The Morgan fingerprint density at radius 2 is 1.42 bits per heavy atom. The van der Waals surface area contributed by atoms with Crippen molar-refractivity contribution in [2.75, 3.05) is 52.9 Å². The molecule has 0 bridgehead atoms. The van der Waals surface area contributed by atoms with Crippen molar-refractivity contribution in [1.29, 1.82) is 0 Å². The van der Waals surface area contributed by atoms with Gasteiger partial charge in [0.1, 0.15) is 0 Å². The summed E-state index contributed by atoms with van der Waals surface area (Å²) in [5, 5.41) is 5.48. The quantitative estimate of drug-likeness (QED) is 0.537. The van der Waals surface area contributed by atoms with Crippen LogP contribution < -0.4 is 10.6 Å². The molecule has 2 aliphatic heterocycles. The molecule has 0 aromatic heterocycles. The van der Waals surface area contributed by atoms with Gasteiger partial charge in [0.25, 0.3) is 5.91 Å². The van der Waals surface area contributed by atoms with Crippen LogP contribution in [-0.2, 0) is 17.1 Å². The SMILES string of the molecule is CN1CCC(C(=O)NCCN2CCC(CNC(=O)c3cc(C(F)(F)F)cc(C(F)(F)F)c3)CC2)CC1. The molecule has 0 aliphatic carbocycles. The van der Waals surface area contributed by atoms with Gasteiger partial charge in [0.15, 0.2) is 0 Å². The summed E-state index contributed by atoms with van der Waals surface area (Å²) in [5.41, 5.74) is -3.70. The van der Waals surface area contributed by atoms with Crippen molar-refractivity contribution in [2.45, 2.75) is 38.0 Å². The fourth-order valence-corrected chi connectivity index (χ4v) is 4.59. The van der Waals surface area contributed by atoms with Crippen LogP contribution in [0.3, 0.4) is 0 Å². The molecule has 0 unspecified atom stereocenters. The van der Waals surface area contributed by atoms with E-state index in [4.69, 9.17) is 0 Å². The summed E-state index contributed by atoms with van der Waals surface area (Å²) < 4.78 is 78.2. The number of nitrogens with zero attached hydrogens (tertiary/aromatic N) is 2. The third-order valence-corrected chi connectivity index (χ3v) is 6.92. The number of piperidine rings is 2. The minimum atomic E-state index is -5.00. The molecule has 6 nitrogen and oxygen atoms in total. The predicted molar refractivity (Wildman–Crippen MR) is 121 cm³/mol. The lowest BCUT2D eigenvalue weighted by molar-refractivity contribution is -0.143. The zero-order chi connectivity index (χ0) is 26.5. The van der Waals surface area contributed by atoms with Crippen LogP contribution in [0.1, 0.15) is 47.2 Å². The van der Waals surface area contributed by atoms with Crippen LogP contribution >= 0.6 is 0 Å². The number of amides is 2. The Morgan fingerprint density at radius 3 is 1.94 bits per heavy atom. The van der Waals surface area contributed by atoms with Crippen molar-refractivity contribution < 1.29 is 35.9 Å². The summed E-state index contributed by atoms with van der Waals surface area (Å²) in [6.45, 7) is 4.69. The number of hydrogen-bond acceptors (Lipinski definition) is 4. The van der Waals surface area contributed by atoms with Crippen LogP contribution in [0.25, 0.3) is 0 Å². The molecule has 0 atom stereocenters. The zero-order valence-electron chi connectivity index (χ0n) is 20.1. The van der Waals surface area contributed by atoms with E-state index in [-0.39, 0.29) is 30.4 Å². The van der Waals surface area contributed by atoms with E-state index < -0.39 is 35.0 Å². The second kappa shape index (κ2) is 11.8. The van der Waals surface area contributed by atoms with Gasteiger partial charge in [0.05, 0.1) is 11.1 Å². The molecule has 0 saturated carbocycles. The van der Waals surface area contributed by atoms with Crippen LogP contribution in [0.5, 0.6) is 0 Å². The Kier molecular flexibility index (Phi) is 9.26. The van der Waals surface area contributed by atoms with Crippen LogP contribution in [0.2, 0.25) is 0 Å². The van der Waals surface area contributed by atoms with E-state index >= 15 is 0 Å². The first-order valence-corrected chi connectivity index (χ1v) is 12.1. The number of likely N-dealkylation sites (tertiary alicyclic amines) is 2. The molecule has 2 heterocycles. The topological polar surface area (TPSA) is 64.7 Å². The van der Waals surface area contributed by atoms with E-state index in [1.54, 1.807) is 0 Å². The minimum absolute atomic E-state index is 0.00267. The molecule has 0 spiro atoms. The van der Waals surface area contributed by atoms with Gasteiger partial charge >= 0.3 is 12.4 Å². The number of nitrogens with one attached hydrogen (secondary N) is 2. The summed E-state index contributed by atoms with van der Waals surface area (Å²) in [4.78, 5) is 29.1. The van der Waals surface area contributed by atoms with E-state index in [9.17, 15) is 35.9 Å². The average Bonchev–Trinajstić information content (AvgIpc) is 2.82. The first-order chi connectivity index (χ1) is 16.8. The maximum atomic E-state index is 13.0. The van der Waals surface area contributed by atoms with E-state index in [0.717, 1.165) is 51.9 Å². The third-order valence-electron chi connectivity index (χ3n) is 6.92. The monoisotopic (exact) mass is 522 g/mol. The minimum Gasteiger partial charge on any atom is -0.355 e. The molecule has 2 amide bonds. The number of benzene rings is 1. The van der Waals surface area contributed by atoms with Gasteiger partial charge < -0.3 is 20.4 Å². The summed E-state index contributed by atoms with van der Waals surface area (Å²) >= 11 is 0. The molecular formula is C24H32F6N4O2. The van der Waals surface area contributed by atoms with Gasteiger partial charge in [-0.3, -0.25) is 9.59 Å². The Labute approximate surface area is 206 Å². The molecule has 36 heavy (non-hydrogen) atoms. The van der Waals surface area contributed by atoms with E-state index in [1.807, 2.05) is 7.05 Å². The summed E-state index contributed by atoms with van der Waals surface area (Å²) in [6, 6.07) is 0.878. The molecule has 0 radical (unpaired) electrons. The van der Waals surface area contributed by atoms with E-state index in [0.29, 0.717) is 25.2 Å². The Balaban J connectivity index is 1.42. The normalized spacial score (nSPS) is 19.3. The molecule has 2 fully saturated rings. The van der Waals surface area contributed by atoms with Crippen LogP contribution in [0.15, 0.2) is 18.2 Å². The lowest BCUT2D eigenvalue weighted by atomic mass is 9.96. The maximum Gasteiger partial charge on any atom is 0.416 e. The lowest BCUT2D eigenvalue weighted by Gasteiger charge is -2.32. The van der Waals surface area contributed by atoms with Crippen LogP contribution in [-0.4, -0.2) is 74.5 Å². The number of carbonyl (C=O) groups is 2. The van der Waals surface area contributed by atoms with E-state index in [1.165, 1.54) is 0 Å². The summed E-state index contributed by atoms with van der Waals surface area (Å²) in [7, 11) is 2.04. The first kappa shape index (κ1) is 28.2. The number of halogens is 6. The van der Waals surface area contributed by atoms with Crippen molar-refractivity contribution in [2.24, 2.45) is 11.8 Å². The van der Waals surface area contributed by atoms with Gasteiger partial charge in [0, 0.05) is 31.1 Å². The highest BCUT2D eigenvalue weighted by molar-refractivity contribution is 5.94. The molecular weight excluding hydrogens is 490 g/mol. The number of hydrogen-bond donors (Lipinski definition) is 2. The standard InChI is InChI=1S/C24H32F6N4O2/c1-33-7-4-17(5-8-33)21(35)31-6-11-34-9-2-16(3-10-34)15-32-22(36)18-12-19(23(25,26)27)14-20(13-18)24(28,29)30/h12-14,16-17H,2-11,15H2,1H3,(H,31,35)(H,32,36). The fraction of sp³-hybridized carbons (Fsp3) is 0.667. The highest BCUT2D eigenvalue weighted by Crippen LogP contribution is 2.36. The lowest BCUT2D eigenvalue weighted by Crippen LogP contribution is -2.44. The second-order valence-electron chi connectivity index (χ2n) is 9.66. The molecule has 2 aliphatic rings. The Morgan fingerprint density at radius 1 is 0.861 bits per heavy atom. The average molecular weight is 523 g/mol. The summed E-state index contributed by atoms with van der Waals surface area (Å²) in [6.07, 6.45) is -6.85. The smallest absolute Gasteiger partial charge is 0.355 e. The molecule has 3 rings (SSSR count). The number of rotatable bonds is 7. The van der Waals surface area contributed by atoms with Gasteiger partial charge in [-0.25, -0.2) is 0 Å². The van der Waals surface area contributed by atoms with Crippen LogP contribution in [0, 0.1) is 11.8 Å². The van der Waals surface area contributed by atoms with Crippen molar-refractivity contribution in [3.05, 3.63) is 34.9 Å². The van der Waals surface area contributed by atoms with Crippen LogP contribution in [0.4, 0.5) is 26.3 Å². The van der Waals surface area contributed by atoms with E-state index in [2.05, 4.69) is 20.4 Å². The second-order valence-corrected chi connectivity index (χ2v) is 9.66. The van der Waals surface area contributed by atoms with Crippen molar-refractivity contribution in [3.8, 4) is 0 Å². The van der Waals surface area contributed by atoms with Crippen molar-refractivity contribution >= 4 is 11.8 Å². The van der Waals surface area contributed by atoms with Gasteiger partial charge in [-0.05, 0) is 83.0 Å². The Hall–Kier alpha value is -2.34. The first-order valence-electron chi connectivity index (χ1n) is 12.1. The molecule has 1 aromatic carbocycles. The highest BCUT2D eigenvalue weighted by Gasteiger charge is 2.37. The molecule has 2 N–H and O–H groups in total. The van der Waals surface area contributed by atoms with Crippen molar-refractivity contribution in [1.82, 2.24) is 20.4 Å². The predicted octanol–water partition coefficient (Wildman–Crippen LogP) is 3.62. The van der Waals surface area contributed by atoms with Gasteiger partial charge in [-0.2, -0.15) is 26.3 Å². The number of carbonyl (C=O) groups excluding carboxylic acids is 2. The van der Waals surface area contributed by atoms with Gasteiger partial charge in [-0.15, -0.1) is 0 Å². The molecule has 12 heteroatoms. The van der Waals surface area contributed by atoms with Gasteiger partial charge in [-0.1, -0.05) is 0 Å². The molecule has 2 saturated heterocycles. The number of alkyl halides is 6. The summed E-state index contributed by atoms with van der Waals surface area (Å²) in [5.74, 6) is -0.763. The fourth-order valence-electron chi connectivity index (χ4n) is 4.59. The largest absolute Gasteiger partial charge is 0.416 e. The molecule has 1 aromatic rings. The highest BCUT2D eigenvalue weighted by atomic mass is 19.4. The maximum absolute atomic E-state index is 13.0.